The van der Waals surface area contributed by atoms with Crippen molar-refractivity contribution in [2.75, 3.05) is 13.1 Å². The fourth-order valence-corrected chi connectivity index (χ4v) is 3.05. The van der Waals surface area contributed by atoms with Crippen LogP contribution in [0, 0.1) is 5.92 Å². The summed E-state index contributed by atoms with van der Waals surface area (Å²) in [7, 11) is -0.00435. The van der Waals surface area contributed by atoms with Gasteiger partial charge >= 0.3 is 7.12 Å². The van der Waals surface area contributed by atoms with Crippen LogP contribution in [0.2, 0.25) is 5.31 Å². The maximum atomic E-state index is 6.19. The number of fused-ring (bicyclic) bond motifs is 1. The predicted molar refractivity (Wildman–Crippen MR) is 71.6 cm³/mol. The zero-order valence-corrected chi connectivity index (χ0v) is 12.0. The predicted octanol–water partition coefficient (Wildman–Crippen LogP) is 2.25. The molecule has 2 heterocycles. The lowest BCUT2D eigenvalue weighted by Crippen LogP contribution is -2.41. The van der Waals surface area contributed by atoms with Crippen LogP contribution >= 0.6 is 12.4 Å². The smallest absolute Gasteiger partial charge is 0.403 e. The van der Waals surface area contributed by atoms with E-state index in [9.17, 15) is 0 Å². The maximum absolute atomic E-state index is 6.19. The summed E-state index contributed by atoms with van der Waals surface area (Å²) in [4.78, 5) is 0. The molecule has 3 aliphatic rings. The number of piperidine rings is 1. The first-order chi connectivity index (χ1) is 7.37. The van der Waals surface area contributed by atoms with Gasteiger partial charge in [0.15, 0.2) is 0 Å². The Balaban J connectivity index is 0.00000108. The van der Waals surface area contributed by atoms with Gasteiger partial charge in [-0.2, -0.15) is 0 Å². The van der Waals surface area contributed by atoms with Crippen LogP contribution in [-0.2, 0) is 9.31 Å². The Kier molecular flexibility index (Phi) is 3.10. The number of rotatable bonds is 1. The van der Waals surface area contributed by atoms with Crippen LogP contribution in [0.15, 0.2) is 0 Å². The second-order valence-corrected chi connectivity index (χ2v) is 6.69. The molecule has 3 nitrogen and oxygen atoms in total. The van der Waals surface area contributed by atoms with Crippen molar-refractivity contribution in [2.45, 2.75) is 57.1 Å². The fourth-order valence-electron chi connectivity index (χ4n) is 3.05. The molecule has 2 aliphatic heterocycles. The van der Waals surface area contributed by atoms with Gasteiger partial charge in [-0.3, -0.25) is 0 Å². The van der Waals surface area contributed by atoms with Gasteiger partial charge in [-0.1, -0.05) is 0 Å². The SMILES string of the molecule is CC1(C)OB(C23CNCCC2C3)OC1(C)C.Cl. The summed E-state index contributed by atoms with van der Waals surface area (Å²) >= 11 is 0. The summed E-state index contributed by atoms with van der Waals surface area (Å²) in [6.45, 7) is 10.8. The first kappa shape index (κ1) is 13.7. The largest absolute Gasteiger partial charge is 0.466 e. The molecule has 3 fully saturated rings. The van der Waals surface area contributed by atoms with Gasteiger partial charge in [-0.05, 0) is 59.5 Å². The second-order valence-electron chi connectivity index (χ2n) is 6.69. The van der Waals surface area contributed by atoms with E-state index in [4.69, 9.17) is 9.31 Å². The highest BCUT2D eigenvalue weighted by molar-refractivity contribution is 6.51. The lowest BCUT2D eigenvalue weighted by atomic mass is 9.65. The molecule has 2 atom stereocenters. The average molecular weight is 260 g/mol. The Hall–Kier alpha value is 0.235. The molecule has 98 valence electrons. The van der Waals surface area contributed by atoms with Gasteiger partial charge in [0.2, 0.25) is 0 Å². The van der Waals surface area contributed by atoms with Crippen molar-refractivity contribution in [1.82, 2.24) is 5.32 Å². The van der Waals surface area contributed by atoms with E-state index in [1.807, 2.05) is 0 Å². The molecule has 1 aliphatic carbocycles. The summed E-state index contributed by atoms with van der Waals surface area (Å²) in [6, 6.07) is 0. The molecule has 2 saturated heterocycles. The standard InChI is InChI=1S/C12H22BNO2.ClH/c1-10(2)11(3,4)16-13(15-10)12-7-9(12)5-6-14-8-12;/h9,14H,5-8H2,1-4H3;1H. The van der Waals surface area contributed by atoms with Crippen LogP contribution < -0.4 is 5.32 Å². The summed E-state index contributed by atoms with van der Waals surface area (Å²) < 4.78 is 12.4. The first-order valence-corrected chi connectivity index (χ1v) is 6.44. The number of hydrogen-bond acceptors (Lipinski definition) is 3. The van der Waals surface area contributed by atoms with E-state index in [0.29, 0.717) is 0 Å². The lowest BCUT2D eigenvalue weighted by molar-refractivity contribution is 0.00578. The molecule has 1 saturated carbocycles. The summed E-state index contributed by atoms with van der Waals surface area (Å²) in [5, 5.41) is 3.77. The van der Waals surface area contributed by atoms with Crippen LogP contribution in [0.1, 0.15) is 40.5 Å². The van der Waals surface area contributed by atoms with Crippen LogP contribution in [0.3, 0.4) is 0 Å². The van der Waals surface area contributed by atoms with E-state index in [2.05, 4.69) is 33.0 Å². The summed E-state index contributed by atoms with van der Waals surface area (Å²) in [6.07, 6.45) is 2.56. The molecule has 1 N–H and O–H groups in total. The van der Waals surface area contributed by atoms with Crippen molar-refractivity contribution in [3.05, 3.63) is 0 Å². The molecular weight excluding hydrogens is 236 g/mol. The molecule has 0 aromatic rings. The summed E-state index contributed by atoms with van der Waals surface area (Å²) in [5.41, 5.74) is -0.367. The minimum Gasteiger partial charge on any atom is -0.403 e. The van der Waals surface area contributed by atoms with Gasteiger partial charge in [0.1, 0.15) is 0 Å². The van der Waals surface area contributed by atoms with Gasteiger partial charge in [0, 0.05) is 5.31 Å². The van der Waals surface area contributed by atoms with Crippen molar-refractivity contribution in [1.29, 1.82) is 0 Å². The van der Waals surface area contributed by atoms with Gasteiger partial charge in [-0.25, -0.2) is 0 Å². The van der Waals surface area contributed by atoms with Gasteiger partial charge in [0.25, 0.3) is 0 Å². The summed E-state index contributed by atoms with van der Waals surface area (Å²) in [5.74, 6) is 0.823. The van der Waals surface area contributed by atoms with Crippen LogP contribution in [-0.4, -0.2) is 31.4 Å². The van der Waals surface area contributed by atoms with Crippen LogP contribution in [0.4, 0.5) is 0 Å². The van der Waals surface area contributed by atoms with Gasteiger partial charge in [-0.15, -0.1) is 12.4 Å². The second kappa shape index (κ2) is 3.86. The zero-order valence-electron chi connectivity index (χ0n) is 11.2. The highest BCUT2D eigenvalue weighted by Gasteiger charge is 2.69. The van der Waals surface area contributed by atoms with E-state index in [0.717, 1.165) is 19.0 Å². The van der Waals surface area contributed by atoms with Crippen LogP contribution in [0.25, 0.3) is 0 Å². The molecule has 0 aromatic heterocycles. The Labute approximate surface area is 111 Å². The van der Waals surface area contributed by atoms with E-state index < -0.39 is 0 Å². The lowest BCUT2D eigenvalue weighted by Gasteiger charge is -2.32. The van der Waals surface area contributed by atoms with Crippen molar-refractivity contribution >= 4 is 19.5 Å². The van der Waals surface area contributed by atoms with Crippen molar-refractivity contribution < 1.29 is 9.31 Å². The fraction of sp³-hybridized carbons (Fsp3) is 1.00. The Bertz CT molecular complexity index is 308. The Morgan fingerprint density at radius 3 is 2.24 bits per heavy atom. The first-order valence-electron chi connectivity index (χ1n) is 6.44. The molecule has 5 heteroatoms. The zero-order chi connectivity index (χ0) is 11.6. The highest BCUT2D eigenvalue weighted by Crippen LogP contribution is 2.66. The molecule has 17 heavy (non-hydrogen) atoms. The van der Waals surface area contributed by atoms with E-state index in [-0.39, 0.29) is 36.0 Å². The third-order valence-corrected chi connectivity index (χ3v) is 5.13. The Morgan fingerprint density at radius 1 is 1.12 bits per heavy atom. The Morgan fingerprint density at radius 2 is 1.71 bits per heavy atom. The van der Waals surface area contributed by atoms with Crippen LogP contribution in [0.5, 0.6) is 0 Å². The van der Waals surface area contributed by atoms with Crippen molar-refractivity contribution in [3.63, 3.8) is 0 Å². The topological polar surface area (TPSA) is 30.5 Å². The molecule has 2 unspecified atom stereocenters. The minimum absolute atomic E-state index is 0. The third-order valence-electron chi connectivity index (χ3n) is 5.13. The molecule has 0 aromatic carbocycles. The average Bonchev–Trinajstić information content (AvgIpc) is 2.85. The minimum atomic E-state index is -0.184. The normalized spacial score (nSPS) is 41.6. The molecule has 0 spiro atoms. The molecule has 3 rings (SSSR count). The van der Waals surface area contributed by atoms with E-state index in [1.54, 1.807) is 0 Å². The van der Waals surface area contributed by atoms with E-state index in [1.165, 1.54) is 12.8 Å². The van der Waals surface area contributed by atoms with Crippen molar-refractivity contribution in [2.24, 2.45) is 5.92 Å². The molecular formula is C12H23BClNO2. The quantitative estimate of drug-likeness (QED) is 0.733. The molecule has 0 radical (unpaired) electrons. The monoisotopic (exact) mass is 259 g/mol. The maximum Gasteiger partial charge on any atom is 0.466 e. The molecule has 0 bridgehead atoms. The third kappa shape index (κ3) is 1.84. The van der Waals surface area contributed by atoms with E-state index >= 15 is 0 Å². The van der Waals surface area contributed by atoms with Gasteiger partial charge < -0.3 is 14.6 Å². The van der Waals surface area contributed by atoms with Gasteiger partial charge in [0.05, 0.1) is 11.2 Å². The number of halogens is 1. The highest BCUT2D eigenvalue weighted by atomic mass is 35.5. The molecule has 0 amide bonds. The number of hydrogen-bond donors (Lipinski definition) is 1. The number of nitrogens with one attached hydrogen (secondary N) is 1. The van der Waals surface area contributed by atoms with Crippen molar-refractivity contribution in [3.8, 4) is 0 Å².